The minimum absolute atomic E-state index is 0.411. The molecular weight excluding hydrogens is 234 g/mol. The van der Waals surface area contributed by atoms with Crippen molar-refractivity contribution in [3.8, 4) is 0 Å². The third-order valence-electron chi connectivity index (χ3n) is 2.60. The van der Waals surface area contributed by atoms with Gasteiger partial charge in [-0.05, 0) is 47.3 Å². The molecule has 17 heavy (non-hydrogen) atoms. The molecule has 2 nitrogen and oxygen atoms in total. The Balaban J connectivity index is 0.000000228. The van der Waals surface area contributed by atoms with Gasteiger partial charge in [-0.2, -0.15) is 0 Å². The van der Waals surface area contributed by atoms with Gasteiger partial charge in [-0.15, -0.1) is 0 Å². The smallest absolute Gasteiger partial charge is 0.252 e. The fourth-order valence-electron chi connectivity index (χ4n) is 1.41. The molecule has 3 heteroatoms. The van der Waals surface area contributed by atoms with E-state index in [1.54, 1.807) is 12.1 Å². The van der Waals surface area contributed by atoms with E-state index in [0.717, 1.165) is 10.8 Å². The summed E-state index contributed by atoms with van der Waals surface area (Å²) in [5.41, 5.74) is 5.76. The summed E-state index contributed by atoms with van der Waals surface area (Å²) < 4.78 is 0. The van der Waals surface area contributed by atoms with Gasteiger partial charge in [-0.1, -0.05) is 30.3 Å². The van der Waals surface area contributed by atoms with Gasteiger partial charge in [0, 0.05) is 11.6 Å². The molecule has 0 aromatic heterocycles. The van der Waals surface area contributed by atoms with E-state index in [-0.39, 0.29) is 0 Å². The van der Waals surface area contributed by atoms with Gasteiger partial charge in [0.2, 0.25) is 0 Å². The van der Waals surface area contributed by atoms with E-state index in [4.69, 9.17) is 17.3 Å². The minimum atomic E-state index is -0.411. The normalized spacial score (nSPS) is 14.0. The quantitative estimate of drug-likeness (QED) is 0.786. The lowest BCUT2D eigenvalue weighted by Gasteiger charge is -1.98. The molecule has 0 saturated heterocycles. The van der Waals surface area contributed by atoms with Crippen LogP contribution in [0.1, 0.15) is 23.2 Å². The number of hydrogen-bond donors (Lipinski definition) is 1. The molecule has 3 rings (SSSR count). The van der Waals surface area contributed by atoms with Crippen molar-refractivity contribution in [2.24, 2.45) is 5.73 Å². The lowest BCUT2D eigenvalue weighted by Crippen LogP contribution is -1.94. The van der Waals surface area contributed by atoms with Crippen LogP contribution in [0.3, 0.4) is 0 Å². The van der Waals surface area contributed by atoms with Crippen LogP contribution >= 0.6 is 11.6 Å². The predicted octanol–water partition coefficient (Wildman–Crippen LogP) is 3.33. The molecule has 0 heterocycles. The molecule has 0 spiro atoms. The maximum atomic E-state index is 10.9. The standard InChI is InChI=1S/C11H7ClO.C3H7N/c12-11(13)10-6-5-8-3-1-2-4-9(8)7-10;4-3-1-2-3/h1-7H;3H,1-2,4H2. The van der Waals surface area contributed by atoms with Crippen LogP contribution in [0.4, 0.5) is 0 Å². The summed E-state index contributed by atoms with van der Waals surface area (Å²) in [7, 11) is 0. The molecule has 1 aliphatic carbocycles. The molecule has 0 unspecified atom stereocenters. The van der Waals surface area contributed by atoms with Gasteiger partial charge in [0.15, 0.2) is 0 Å². The first kappa shape index (κ1) is 12.1. The number of carbonyl (C=O) groups excluding carboxylic acids is 1. The number of benzene rings is 2. The monoisotopic (exact) mass is 247 g/mol. The number of hydrogen-bond acceptors (Lipinski definition) is 2. The van der Waals surface area contributed by atoms with E-state index in [0.29, 0.717) is 11.6 Å². The summed E-state index contributed by atoms with van der Waals surface area (Å²) in [6.07, 6.45) is 2.53. The second-order valence-electron chi connectivity index (χ2n) is 4.17. The average molecular weight is 248 g/mol. The van der Waals surface area contributed by atoms with Gasteiger partial charge in [0.25, 0.3) is 5.24 Å². The van der Waals surface area contributed by atoms with Crippen molar-refractivity contribution in [3.63, 3.8) is 0 Å². The van der Waals surface area contributed by atoms with Crippen molar-refractivity contribution in [1.82, 2.24) is 0 Å². The van der Waals surface area contributed by atoms with Gasteiger partial charge in [0.1, 0.15) is 0 Å². The van der Waals surface area contributed by atoms with Crippen LogP contribution in [0.25, 0.3) is 10.8 Å². The van der Waals surface area contributed by atoms with E-state index in [1.165, 1.54) is 12.8 Å². The SMILES string of the molecule is NC1CC1.O=C(Cl)c1ccc2ccccc2c1. The van der Waals surface area contributed by atoms with Crippen molar-refractivity contribution in [3.05, 3.63) is 48.0 Å². The number of fused-ring (bicyclic) bond motifs is 1. The second-order valence-corrected chi connectivity index (χ2v) is 4.52. The number of nitrogens with two attached hydrogens (primary N) is 1. The third-order valence-corrected chi connectivity index (χ3v) is 2.82. The zero-order chi connectivity index (χ0) is 12.3. The Kier molecular flexibility index (Phi) is 3.77. The van der Waals surface area contributed by atoms with Gasteiger partial charge in [-0.25, -0.2) is 0 Å². The Morgan fingerprint density at radius 2 is 1.71 bits per heavy atom. The zero-order valence-corrected chi connectivity index (χ0v) is 10.2. The maximum absolute atomic E-state index is 10.9. The molecule has 2 N–H and O–H groups in total. The van der Waals surface area contributed by atoms with Crippen LogP contribution in [0, 0.1) is 0 Å². The number of carbonyl (C=O) groups is 1. The molecule has 0 atom stereocenters. The Labute approximate surface area is 105 Å². The van der Waals surface area contributed by atoms with Crippen LogP contribution < -0.4 is 5.73 Å². The van der Waals surface area contributed by atoms with Gasteiger partial charge < -0.3 is 5.73 Å². The van der Waals surface area contributed by atoms with Gasteiger partial charge >= 0.3 is 0 Å². The Hall–Kier alpha value is -1.38. The minimum Gasteiger partial charge on any atom is -0.328 e. The fourth-order valence-corrected chi connectivity index (χ4v) is 1.53. The first-order valence-electron chi connectivity index (χ1n) is 5.61. The largest absolute Gasteiger partial charge is 0.328 e. The van der Waals surface area contributed by atoms with Crippen molar-refractivity contribution in [2.75, 3.05) is 0 Å². The highest BCUT2D eigenvalue weighted by Crippen LogP contribution is 2.16. The Morgan fingerprint density at radius 3 is 2.24 bits per heavy atom. The van der Waals surface area contributed by atoms with Crippen LogP contribution in [-0.4, -0.2) is 11.3 Å². The van der Waals surface area contributed by atoms with E-state index in [9.17, 15) is 4.79 Å². The van der Waals surface area contributed by atoms with E-state index < -0.39 is 5.24 Å². The van der Waals surface area contributed by atoms with Crippen molar-refractivity contribution in [1.29, 1.82) is 0 Å². The molecule has 1 saturated carbocycles. The molecule has 2 aromatic rings. The van der Waals surface area contributed by atoms with Crippen LogP contribution in [-0.2, 0) is 0 Å². The van der Waals surface area contributed by atoms with Crippen LogP contribution in [0.5, 0.6) is 0 Å². The molecule has 88 valence electrons. The van der Waals surface area contributed by atoms with Gasteiger partial charge in [-0.3, -0.25) is 4.79 Å². The highest BCUT2D eigenvalue weighted by molar-refractivity contribution is 6.67. The fraction of sp³-hybridized carbons (Fsp3) is 0.214. The van der Waals surface area contributed by atoms with Gasteiger partial charge in [0.05, 0.1) is 0 Å². The second kappa shape index (κ2) is 5.30. The van der Waals surface area contributed by atoms with E-state index in [2.05, 4.69) is 0 Å². The summed E-state index contributed by atoms with van der Waals surface area (Å²) in [5.74, 6) is 0. The highest BCUT2D eigenvalue weighted by atomic mass is 35.5. The lowest BCUT2D eigenvalue weighted by atomic mass is 10.1. The Morgan fingerprint density at radius 1 is 1.12 bits per heavy atom. The predicted molar refractivity (Wildman–Crippen MR) is 71.3 cm³/mol. The average Bonchev–Trinajstić information content (AvgIpc) is 3.12. The maximum Gasteiger partial charge on any atom is 0.252 e. The summed E-state index contributed by atoms with van der Waals surface area (Å²) >= 11 is 5.36. The third kappa shape index (κ3) is 3.55. The summed E-state index contributed by atoms with van der Waals surface area (Å²) in [5, 5.41) is 1.74. The molecule has 1 aliphatic rings. The first-order valence-corrected chi connectivity index (χ1v) is 5.99. The molecule has 0 amide bonds. The lowest BCUT2D eigenvalue weighted by molar-refractivity contribution is 0.108. The molecule has 0 bridgehead atoms. The molecule has 2 aromatic carbocycles. The van der Waals surface area contributed by atoms with E-state index in [1.807, 2.05) is 30.3 Å². The molecule has 1 fully saturated rings. The summed E-state index contributed by atoms with van der Waals surface area (Å²) in [4.78, 5) is 10.9. The Bertz CT molecular complexity index is 534. The highest BCUT2D eigenvalue weighted by Gasteiger charge is 2.13. The molecular formula is C14H14ClNO. The number of halogens is 1. The summed E-state index contributed by atoms with van der Waals surface area (Å²) in [6, 6.07) is 13.9. The number of rotatable bonds is 1. The summed E-state index contributed by atoms with van der Waals surface area (Å²) in [6.45, 7) is 0. The van der Waals surface area contributed by atoms with Crippen molar-refractivity contribution < 1.29 is 4.79 Å². The topological polar surface area (TPSA) is 43.1 Å². The zero-order valence-electron chi connectivity index (χ0n) is 9.40. The molecule has 0 radical (unpaired) electrons. The van der Waals surface area contributed by atoms with Crippen molar-refractivity contribution in [2.45, 2.75) is 18.9 Å². The van der Waals surface area contributed by atoms with Crippen LogP contribution in [0.15, 0.2) is 42.5 Å². The van der Waals surface area contributed by atoms with Crippen LogP contribution in [0.2, 0.25) is 0 Å². The van der Waals surface area contributed by atoms with E-state index >= 15 is 0 Å². The van der Waals surface area contributed by atoms with Crippen molar-refractivity contribution >= 4 is 27.6 Å². The first-order chi connectivity index (χ1) is 8.16. The molecule has 0 aliphatic heterocycles.